The van der Waals surface area contributed by atoms with Crippen LogP contribution in [0.25, 0.3) is 0 Å². The molecule has 0 saturated carbocycles. The van der Waals surface area contributed by atoms with Crippen LogP contribution in [0.5, 0.6) is 0 Å². The molecule has 0 saturated heterocycles. The number of hydrogen-bond donors (Lipinski definition) is 2. The molecule has 4 heteroatoms. The summed E-state index contributed by atoms with van der Waals surface area (Å²) in [5, 5.41) is 3.21. The molecule has 0 bridgehead atoms. The van der Waals surface area contributed by atoms with Crippen molar-refractivity contribution in [1.82, 2.24) is 0 Å². The molecule has 0 heterocycles. The first kappa shape index (κ1) is 16.5. The van der Waals surface area contributed by atoms with Gasteiger partial charge in [0.1, 0.15) is 5.82 Å². The van der Waals surface area contributed by atoms with Crippen molar-refractivity contribution in [2.24, 2.45) is 5.92 Å². The number of anilines is 2. The summed E-state index contributed by atoms with van der Waals surface area (Å²) >= 11 is 1.95. The molecule has 19 heavy (non-hydrogen) atoms. The van der Waals surface area contributed by atoms with E-state index in [1.54, 1.807) is 6.07 Å². The summed E-state index contributed by atoms with van der Waals surface area (Å²) in [5.41, 5.74) is 7.18. The lowest BCUT2D eigenvalue weighted by Crippen LogP contribution is -2.05. The smallest absolute Gasteiger partial charge is 0.138 e. The summed E-state index contributed by atoms with van der Waals surface area (Å²) in [4.78, 5) is 0. The second-order valence-electron chi connectivity index (χ2n) is 5.38. The number of nitrogen functional groups attached to an aromatic ring is 1. The van der Waals surface area contributed by atoms with Gasteiger partial charge >= 0.3 is 0 Å². The van der Waals surface area contributed by atoms with Crippen molar-refractivity contribution in [3.8, 4) is 0 Å². The van der Waals surface area contributed by atoms with E-state index in [0.717, 1.165) is 18.9 Å². The van der Waals surface area contributed by atoms with Gasteiger partial charge in [-0.15, -0.1) is 0 Å². The molecule has 0 aliphatic heterocycles. The van der Waals surface area contributed by atoms with Crippen molar-refractivity contribution in [2.75, 3.05) is 17.6 Å². The predicted molar refractivity (Wildman–Crippen MR) is 89.9 cm³/mol. The van der Waals surface area contributed by atoms with Crippen molar-refractivity contribution in [1.29, 1.82) is 0 Å². The lowest BCUT2D eigenvalue weighted by Gasteiger charge is -2.10. The fraction of sp³-hybridized carbons (Fsp3) is 0.600. The number of rotatable bonds is 8. The van der Waals surface area contributed by atoms with Crippen LogP contribution in [-0.2, 0) is 0 Å². The Morgan fingerprint density at radius 3 is 2.58 bits per heavy atom. The Morgan fingerprint density at radius 1 is 1.21 bits per heavy atom. The molecule has 1 aromatic rings. The van der Waals surface area contributed by atoms with Crippen molar-refractivity contribution < 1.29 is 4.39 Å². The van der Waals surface area contributed by atoms with Gasteiger partial charge in [-0.25, -0.2) is 4.39 Å². The number of nitrogens with one attached hydrogen (secondary N) is 1. The maximum Gasteiger partial charge on any atom is 0.138 e. The van der Waals surface area contributed by atoms with Gasteiger partial charge in [-0.3, -0.25) is 0 Å². The summed E-state index contributed by atoms with van der Waals surface area (Å²) in [6.07, 6.45) is 6.20. The Labute approximate surface area is 129 Å². The second kappa shape index (κ2) is 8.61. The van der Waals surface area contributed by atoms with E-state index in [-0.39, 0.29) is 5.82 Å². The van der Waals surface area contributed by atoms with Gasteiger partial charge in [0.2, 0.25) is 0 Å². The Morgan fingerprint density at radius 2 is 1.89 bits per heavy atom. The first-order valence-corrected chi connectivity index (χ1v) is 8.07. The van der Waals surface area contributed by atoms with Crippen LogP contribution in [-0.4, -0.2) is 6.54 Å². The molecule has 108 valence electrons. The van der Waals surface area contributed by atoms with Crippen LogP contribution in [0, 0.1) is 15.3 Å². The minimum absolute atomic E-state index is 0.214. The summed E-state index contributed by atoms with van der Waals surface area (Å²) in [6, 6.07) is 3.15. The molecule has 0 unspecified atom stereocenters. The Kier molecular flexibility index (Phi) is 7.49. The number of nitrogens with two attached hydrogens (primary N) is 1. The predicted octanol–water partition coefficient (Wildman–Crippen LogP) is 5.03. The van der Waals surface area contributed by atoms with E-state index in [9.17, 15) is 4.39 Å². The largest absolute Gasteiger partial charge is 0.397 e. The molecular weight excluding hydrogens is 354 g/mol. The second-order valence-corrected chi connectivity index (χ2v) is 6.54. The molecule has 0 radical (unpaired) electrons. The fourth-order valence-corrected chi connectivity index (χ4v) is 2.46. The van der Waals surface area contributed by atoms with Crippen LogP contribution in [0.15, 0.2) is 12.1 Å². The highest BCUT2D eigenvalue weighted by Crippen LogP contribution is 2.24. The van der Waals surface area contributed by atoms with Gasteiger partial charge in [-0.2, -0.15) is 0 Å². The third kappa shape index (κ3) is 6.45. The SMILES string of the molecule is CC(C)CCCCCCNc1cc(F)c(I)cc1N. The maximum absolute atomic E-state index is 13.4. The minimum Gasteiger partial charge on any atom is -0.397 e. The van der Waals surface area contributed by atoms with Crippen LogP contribution < -0.4 is 11.1 Å². The van der Waals surface area contributed by atoms with E-state index in [0.29, 0.717) is 14.9 Å². The van der Waals surface area contributed by atoms with Gasteiger partial charge in [-0.1, -0.05) is 39.5 Å². The number of halogens is 2. The van der Waals surface area contributed by atoms with Crippen molar-refractivity contribution in [3.63, 3.8) is 0 Å². The van der Waals surface area contributed by atoms with Crippen LogP contribution in [0.4, 0.5) is 15.8 Å². The molecule has 1 aromatic carbocycles. The van der Waals surface area contributed by atoms with Gasteiger partial charge in [-0.05, 0) is 41.0 Å². The van der Waals surface area contributed by atoms with Crippen LogP contribution in [0.1, 0.15) is 46.0 Å². The number of benzene rings is 1. The summed E-state index contributed by atoms with van der Waals surface area (Å²) < 4.78 is 14.0. The molecule has 0 spiro atoms. The van der Waals surface area contributed by atoms with E-state index in [1.165, 1.54) is 31.7 Å². The lowest BCUT2D eigenvalue weighted by molar-refractivity contribution is 0.523. The van der Waals surface area contributed by atoms with Gasteiger partial charge in [0.15, 0.2) is 0 Å². The highest BCUT2D eigenvalue weighted by molar-refractivity contribution is 14.1. The zero-order chi connectivity index (χ0) is 14.3. The monoisotopic (exact) mass is 378 g/mol. The normalized spacial score (nSPS) is 11.0. The first-order chi connectivity index (χ1) is 9.00. The lowest BCUT2D eigenvalue weighted by atomic mass is 10.0. The molecule has 0 aliphatic rings. The average Bonchev–Trinajstić information content (AvgIpc) is 2.33. The molecule has 1 rings (SSSR count). The third-order valence-corrected chi connectivity index (χ3v) is 3.94. The van der Waals surface area contributed by atoms with Crippen molar-refractivity contribution in [3.05, 3.63) is 21.5 Å². The standard InChI is InChI=1S/C15H24FIN2/c1-11(2)7-5-3-4-6-8-19-15-9-12(16)13(17)10-14(15)18/h9-11,19H,3-8,18H2,1-2H3. The van der Waals surface area contributed by atoms with Gasteiger partial charge < -0.3 is 11.1 Å². The molecule has 0 aliphatic carbocycles. The van der Waals surface area contributed by atoms with E-state index >= 15 is 0 Å². The van der Waals surface area contributed by atoms with Crippen molar-refractivity contribution >= 4 is 34.0 Å². The zero-order valence-corrected chi connectivity index (χ0v) is 14.0. The van der Waals surface area contributed by atoms with E-state index < -0.39 is 0 Å². The van der Waals surface area contributed by atoms with Crippen molar-refractivity contribution in [2.45, 2.75) is 46.0 Å². The average molecular weight is 378 g/mol. The Hall–Kier alpha value is -0.520. The molecule has 0 fully saturated rings. The topological polar surface area (TPSA) is 38.0 Å². The van der Waals surface area contributed by atoms with E-state index in [4.69, 9.17) is 5.73 Å². The van der Waals surface area contributed by atoms with E-state index in [2.05, 4.69) is 19.2 Å². The first-order valence-electron chi connectivity index (χ1n) is 6.99. The summed E-state index contributed by atoms with van der Waals surface area (Å²) in [5.74, 6) is 0.585. The molecule has 2 nitrogen and oxygen atoms in total. The summed E-state index contributed by atoms with van der Waals surface area (Å²) in [6.45, 7) is 5.37. The van der Waals surface area contributed by atoms with Gasteiger partial charge in [0, 0.05) is 12.6 Å². The van der Waals surface area contributed by atoms with E-state index in [1.807, 2.05) is 22.6 Å². The van der Waals surface area contributed by atoms with Crippen LogP contribution >= 0.6 is 22.6 Å². The van der Waals surface area contributed by atoms with Crippen LogP contribution in [0.2, 0.25) is 0 Å². The molecular formula is C15H24FIN2. The van der Waals surface area contributed by atoms with Gasteiger partial charge in [0.25, 0.3) is 0 Å². The zero-order valence-electron chi connectivity index (χ0n) is 11.8. The third-order valence-electron chi connectivity index (χ3n) is 3.12. The quantitative estimate of drug-likeness (QED) is 0.378. The highest BCUT2D eigenvalue weighted by atomic mass is 127. The molecule has 0 amide bonds. The number of hydrogen-bond acceptors (Lipinski definition) is 2. The molecule has 3 N–H and O–H groups in total. The Bertz CT molecular complexity index is 394. The Balaban J connectivity index is 2.21. The van der Waals surface area contributed by atoms with Gasteiger partial charge in [0.05, 0.1) is 14.9 Å². The maximum atomic E-state index is 13.4. The minimum atomic E-state index is -0.214. The number of unbranched alkanes of at least 4 members (excludes halogenated alkanes) is 3. The van der Waals surface area contributed by atoms with Crippen LogP contribution in [0.3, 0.4) is 0 Å². The molecule has 0 aromatic heterocycles. The fourth-order valence-electron chi connectivity index (χ4n) is 1.97. The highest BCUT2D eigenvalue weighted by Gasteiger charge is 2.05. The summed E-state index contributed by atoms with van der Waals surface area (Å²) in [7, 11) is 0. The molecule has 0 atom stereocenters.